The summed E-state index contributed by atoms with van der Waals surface area (Å²) in [5, 5.41) is 11.3. The van der Waals surface area contributed by atoms with Gasteiger partial charge in [-0.25, -0.2) is 4.79 Å². The first-order valence-corrected chi connectivity index (χ1v) is 11.1. The maximum atomic E-state index is 13.6. The monoisotopic (exact) mass is 430 g/mol. The third-order valence-corrected chi connectivity index (χ3v) is 5.21. The highest BCUT2D eigenvalue weighted by molar-refractivity contribution is 5.89. The maximum absolute atomic E-state index is 13.6. The number of rotatable bonds is 7. The van der Waals surface area contributed by atoms with Crippen molar-refractivity contribution in [2.75, 3.05) is 6.61 Å². The van der Waals surface area contributed by atoms with Gasteiger partial charge >= 0.3 is 6.09 Å². The van der Waals surface area contributed by atoms with E-state index >= 15 is 0 Å². The molecule has 0 saturated carbocycles. The molecule has 172 valence electrons. The van der Waals surface area contributed by atoms with Gasteiger partial charge in [-0.15, -0.1) is 0 Å². The van der Waals surface area contributed by atoms with E-state index in [4.69, 9.17) is 4.74 Å². The molecule has 1 amide bonds. The summed E-state index contributed by atoms with van der Waals surface area (Å²) in [5.74, 6) is 0.614. The first-order chi connectivity index (χ1) is 14.3. The van der Waals surface area contributed by atoms with Crippen LogP contribution in [-0.4, -0.2) is 32.8 Å². The number of carboxylic acid groups (broad SMARTS) is 1. The van der Waals surface area contributed by atoms with Gasteiger partial charge in [-0.3, -0.25) is 9.69 Å². The van der Waals surface area contributed by atoms with Crippen LogP contribution in [0.25, 0.3) is 10.8 Å². The number of ether oxygens (including phenoxy) is 1. The maximum Gasteiger partial charge on any atom is 0.408 e. The zero-order valence-electron chi connectivity index (χ0n) is 20.3. The molecular formula is C25H38N2O4. The molecule has 6 nitrogen and oxygen atoms in total. The van der Waals surface area contributed by atoms with E-state index in [1.54, 1.807) is 4.57 Å². The molecule has 0 bridgehead atoms. The van der Waals surface area contributed by atoms with Gasteiger partial charge in [0.25, 0.3) is 5.56 Å². The second kappa shape index (κ2) is 9.33. The molecule has 0 fully saturated rings. The number of aromatic nitrogens is 1. The van der Waals surface area contributed by atoms with Gasteiger partial charge in [0, 0.05) is 17.5 Å². The highest BCUT2D eigenvalue weighted by atomic mass is 16.5. The van der Waals surface area contributed by atoms with Crippen molar-refractivity contribution in [2.45, 2.75) is 86.9 Å². The molecule has 1 heterocycles. The molecule has 1 aromatic heterocycles. The SMILES string of the molecule is CCCCOc1c(CN(C(=O)O)C(C)(C)C)n(CC(C)(C)C)c(=O)c2cc(C)ccc12. The van der Waals surface area contributed by atoms with E-state index in [0.29, 0.717) is 30.0 Å². The van der Waals surface area contributed by atoms with Crippen LogP contribution in [0.1, 0.15) is 72.6 Å². The molecule has 0 atom stereocenters. The van der Waals surface area contributed by atoms with Gasteiger partial charge in [0.2, 0.25) is 0 Å². The Morgan fingerprint density at radius 2 is 1.77 bits per heavy atom. The minimum atomic E-state index is -1.02. The highest BCUT2D eigenvalue weighted by Gasteiger charge is 2.30. The number of benzene rings is 1. The van der Waals surface area contributed by atoms with Crippen LogP contribution in [0, 0.1) is 12.3 Å². The molecular weight excluding hydrogens is 392 g/mol. The number of hydrogen-bond donors (Lipinski definition) is 1. The molecule has 1 aromatic carbocycles. The van der Waals surface area contributed by atoms with Crippen LogP contribution < -0.4 is 10.3 Å². The van der Waals surface area contributed by atoms with Crippen LogP contribution in [0.2, 0.25) is 0 Å². The van der Waals surface area contributed by atoms with Crippen molar-refractivity contribution in [1.82, 2.24) is 9.47 Å². The molecule has 0 aliphatic carbocycles. The van der Waals surface area contributed by atoms with Gasteiger partial charge in [0.1, 0.15) is 5.75 Å². The Kier molecular flexibility index (Phi) is 7.45. The van der Waals surface area contributed by atoms with Gasteiger partial charge in [-0.1, -0.05) is 51.8 Å². The summed E-state index contributed by atoms with van der Waals surface area (Å²) in [4.78, 5) is 27.1. The number of pyridine rings is 1. The zero-order valence-corrected chi connectivity index (χ0v) is 20.3. The number of fused-ring (bicyclic) bond motifs is 1. The summed E-state index contributed by atoms with van der Waals surface area (Å²) in [5.41, 5.74) is 0.709. The summed E-state index contributed by atoms with van der Waals surface area (Å²) in [6.45, 7) is 16.9. The van der Waals surface area contributed by atoms with Crippen LogP contribution >= 0.6 is 0 Å². The third-order valence-electron chi connectivity index (χ3n) is 5.21. The Balaban J connectivity index is 2.87. The minimum absolute atomic E-state index is 0.0788. The molecule has 0 unspecified atom stereocenters. The first-order valence-electron chi connectivity index (χ1n) is 11.1. The van der Waals surface area contributed by atoms with Crippen molar-refractivity contribution in [3.05, 3.63) is 39.8 Å². The molecule has 6 heteroatoms. The predicted molar refractivity (Wildman–Crippen MR) is 126 cm³/mol. The molecule has 0 spiro atoms. The van der Waals surface area contributed by atoms with Crippen molar-refractivity contribution in [1.29, 1.82) is 0 Å². The molecule has 1 N–H and O–H groups in total. The van der Waals surface area contributed by atoms with Crippen LogP contribution in [0.15, 0.2) is 23.0 Å². The third kappa shape index (κ3) is 6.02. The number of nitrogens with zero attached hydrogens (tertiary/aromatic N) is 2. The lowest BCUT2D eigenvalue weighted by atomic mass is 9.95. The summed E-state index contributed by atoms with van der Waals surface area (Å²) in [7, 11) is 0. The van der Waals surface area contributed by atoms with E-state index < -0.39 is 11.6 Å². The van der Waals surface area contributed by atoms with Crippen molar-refractivity contribution in [3.63, 3.8) is 0 Å². The zero-order chi connectivity index (χ0) is 23.6. The molecule has 0 saturated heterocycles. The predicted octanol–water partition coefficient (Wildman–Crippen LogP) is 5.81. The summed E-state index contributed by atoms with van der Waals surface area (Å²) in [6, 6.07) is 5.78. The summed E-state index contributed by atoms with van der Waals surface area (Å²) in [6.07, 6.45) is 0.843. The van der Waals surface area contributed by atoms with E-state index in [0.717, 1.165) is 23.8 Å². The lowest BCUT2D eigenvalue weighted by Crippen LogP contribution is -2.45. The van der Waals surface area contributed by atoms with Crippen molar-refractivity contribution in [3.8, 4) is 5.75 Å². The average molecular weight is 431 g/mol. The summed E-state index contributed by atoms with van der Waals surface area (Å²) < 4.78 is 7.98. The number of hydrogen-bond acceptors (Lipinski definition) is 3. The molecule has 31 heavy (non-hydrogen) atoms. The van der Waals surface area contributed by atoms with Gasteiger partial charge in [0.15, 0.2) is 0 Å². The van der Waals surface area contributed by atoms with Crippen LogP contribution in [-0.2, 0) is 13.1 Å². The molecule has 0 radical (unpaired) electrons. The fraction of sp³-hybridized carbons (Fsp3) is 0.600. The molecule has 0 aliphatic heterocycles. The van der Waals surface area contributed by atoms with Crippen LogP contribution in [0.4, 0.5) is 4.79 Å². The highest BCUT2D eigenvalue weighted by Crippen LogP contribution is 2.33. The Bertz CT molecular complexity index is 994. The van der Waals surface area contributed by atoms with E-state index in [1.807, 2.05) is 45.9 Å². The van der Waals surface area contributed by atoms with Gasteiger partial charge in [-0.05, 0) is 45.6 Å². The van der Waals surface area contributed by atoms with E-state index in [1.165, 1.54) is 4.90 Å². The molecule has 2 aromatic rings. The molecule has 2 rings (SSSR count). The first kappa shape index (κ1) is 24.8. The summed E-state index contributed by atoms with van der Waals surface area (Å²) >= 11 is 0. The van der Waals surface area contributed by atoms with Gasteiger partial charge < -0.3 is 14.4 Å². The second-order valence-corrected chi connectivity index (χ2v) is 10.5. The van der Waals surface area contributed by atoms with E-state index in [-0.39, 0.29) is 17.5 Å². The Morgan fingerprint density at radius 3 is 2.29 bits per heavy atom. The standard InChI is InChI=1S/C25H38N2O4/c1-9-10-13-31-21-18-12-11-17(2)14-19(18)22(28)26(16-24(3,4)5)20(21)15-27(23(29)30)25(6,7)8/h11-12,14H,9-10,13,15-16H2,1-8H3,(H,29,30). The largest absolute Gasteiger partial charge is 0.491 e. The van der Waals surface area contributed by atoms with Gasteiger partial charge in [0.05, 0.1) is 24.2 Å². The van der Waals surface area contributed by atoms with E-state index in [9.17, 15) is 14.7 Å². The van der Waals surface area contributed by atoms with Gasteiger partial charge in [-0.2, -0.15) is 0 Å². The van der Waals surface area contributed by atoms with Crippen molar-refractivity contribution in [2.24, 2.45) is 5.41 Å². The second-order valence-electron chi connectivity index (χ2n) is 10.5. The fourth-order valence-electron chi connectivity index (χ4n) is 3.60. The lowest BCUT2D eigenvalue weighted by molar-refractivity contribution is 0.0924. The lowest BCUT2D eigenvalue weighted by Gasteiger charge is -2.35. The number of amides is 1. The quantitative estimate of drug-likeness (QED) is 0.562. The normalized spacial score (nSPS) is 12.3. The minimum Gasteiger partial charge on any atom is -0.491 e. The topological polar surface area (TPSA) is 71.8 Å². The number of carbonyl (C=O) groups is 1. The van der Waals surface area contributed by atoms with Crippen molar-refractivity contribution >= 4 is 16.9 Å². The Hall–Kier alpha value is -2.50. The Morgan fingerprint density at radius 1 is 1.13 bits per heavy atom. The Labute approximate surface area is 185 Å². The molecule has 0 aliphatic rings. The van der Waals surface area contributed by atoms with Crippen LogP contribution in [0.5, 0.6) is 5.75 Å². The fourth-order valence-corrected chi connectivity index (χ4v) is 3.60. The number of unbranched alkanes of at least 4 members (excludes halogenated alkanes) is 1. The number of aryl methyl sites for hydroxylation is 1. The average Bonchev–Trinajstić information content (AvgIpc) is 2.62. The van der Waals surface area contributed by atoms with Crippen molar-refractivity contribution < 1.29 is 14.6 Å². The van der Waals surface area contributed by atoms with E-state index in [2.05, 4.69) is 27.7 Å². The smallest absolute Gasteiger partial charge is 0.408 e. The van der Waals surface area contributed by atoms with Crippen LogP contribution in [0.3, 0.4) is 0 Å².